The summed E-state index contributed by atoms with van der Waals surface area (Å²) in [6.07, 6.45) is 0.675. The van der Waals surface area contributed by atoms with E-state index in [-0.39, 0.29) is 53.4 Å². The van der Waals surface area contributed by atoms with Crippen LogP contribution in [0.3, 0.4) is 0 Å². The van der Waals surface area contributed by atoms with E-state index < -0.39 is 6.10 Å². The minimum absolute atomic E-state index is 0.0153. The molecule has 0 aliphatic heterocycles. The molecule has 5 nitrogen and oxygen atoms in total. The van der Waals surface area contributed by atoms with Crippen LogP contribution in [0.15, 0.2) is 12.2 Å². The van der Waals surface area contributed by atoms with Crippen molar-refractivity contribution in [2.75, 3.05) is 0 Å². The lowest BCUT2D eigenvalue weighted by Gasteiger charge is -2.44. The van der Waals surface area contributed by atoms with Gasteiger partial charge in [0, 0.05) is 19.8 Å². The number of carbonyl (C=O) groups excluding carboxylic acids is 3. The second kappa shape index (κ2) is 8.57. The fourth-order valence-electron chi connectivity index (χ4n) is 4.98. The highest BCUT2D eigenvalue weighted by molar-refractivity contribution is 5.85. The summed E-state index contributed by atoms with van der Waals surface area (Å²) in [4.78, 5) is 36.4. The smallest absolute Gasteiger partial charge is 0.306 e. The topological polar surface area (TPSA) is 69.7 Å². The van der Waals surface area contributed by atoms with E-state index in [1.165, 1.54) is 6.92 Å². The first-order chi connectivity index (χ1) is 12.5. The van der Waals surface area contributed by atoms with Gasteiger partial charge < -0.3 is 9.47 Å². The molecule has 0 bridgehead atoms. The van der Waals surface area contributed by atoms with E-state index in [2.05, 4.69) is 20.4 Å². The number of ether oxygens (including phenoxy) is 2. The fourth-order valence-corrected chi connectivity index (χ4v) is 4.98. The summed E-state index contributed by atoms with van der Waals surface area (Å²) in [6, 6.07) is 0. The van der Waals surface area contributed by atoms with Gasteiger partial charge in [-0.05, 0) is 48.5 Å². The van der Waals surface area contributed by atoms with Crippen LogP contribution in [0.4, 0.5) is 0 Å². The molecule has 0 aromatic carbocycles. The van der Waals surface area contributed by atoms with Crippen LogP contribution in [0, 0.1) is 35.5 Å². The summed E-state index contributed by atoms with van der Waals surface area (Å²) in [5.74, 6) is 0.0980. The highest BCUT2D eigenvalue weighted by Gasteiger charge is 2.55. The van der Waals surface area contributed by atoms with Crippen molar-refractivity contribution in [2.45, 2.75) is 73.0 Å². The molecule has 2 rings (SSSR count). The van der Waals surface area contributed by atoms with Crippen LogP contribution in [-0.4, -0.2) is 29.9 Å². The maximum absolute atomic E-state index is 12.8. The van der Waals surface area contributed by atoms with E-state index in [4.69, 9.17) is 9.47 Å². The van der Waals surface area contributed by atoms with Crippen molar-refractivity contribution in [3.63, 3.8) is 0 Å². The van der Waals surface area contributed by atoms with Crippen LogP contribution in [0.1, 0.15) is 60.8 Å². The molecular weight excluding hydrogens is 344 g/mol. The van der Waals surface area contributed by atoms with Crippen LogP contribution in [0.5, 0.6) is 0 Å². The highest BCUT2D eigenvalue weighted by atomic mass is 16.5. The van der Waals surface area contributed by atoms with E-state index in [0.717, 1.165) is 5.57 Å². The van der Waals surface area contributed by atoms with Gasteiger partial charge in [-0.1, -0.05) is 34.3 Å². The SMILES string of the molecule is C=C1[C@H](OC(=O)CC(C)C)C[C@@H](C(C)C)[C@@H]2[C@@H]([C@H](C)OC(C)=O)C(=O)C[C@@H]12. The average Bonchev–Trinajstić information content (AvgIpc) is 2.85. The molecule has 0 N–H and O–H groups in total. The first-order valence-corrected chi connectivity index (χ1v) is 10.1. The van der Waals surface area contributed by atoms with Crippen molar-refractivity contribution in [2.24, 2.45) is 35.5 Å². The molecule has 0 unspecified atom stereocenters. The molecule has 152 valence electrons. The quantitative estimate of drug-likeness (QED) is 0.517. The number of fused-ring (bicyclic) bond motifs is 1. The van der Waals surface area contributed by atoms with E-state index in [0.29, 0.717) is 25.2 Å². The summed E-state index contributed by atoms with van der Waals surface area (Å²) in [6.45, 7) is 15.6. The zero-order valence-corrected chi connectivity index (χ0v) is 17.5. The largest absolute Gasteiger partial charge is 0.462 e. The molecule has 5 heteroatoms. The maximum atomic E-state index is 12.8. The summed E-state index contributed by atoms with van der Waals surface area (Å²) in [5.41, 5.74) is 0.847. The van der Waals surface area contributed by atoms with Gasteiger partial charge in [0.15, 0.2) is 0 Å². The molecular formula is C22H34O5. The first-order valence-electron chi connectivity index (χ1n) is 10.1. The van der Waals surface area contributed by atoms with Crippen LogP contribution in [-0.2, 0) is 23.9 Å². The Balaban J connectivity index is 2.25. The molecule has 0 spiro atoms. The summed E-state index contributed by atoms with van der Waals surface area (Å²) < 4.78 is 11.1. The molecule has 2 aliphatic rings. The molecule has 6 atom stereocenters. The average molecular weight is 379 g/mol. The second-order valence-electron chi connectivity index (χ2n) is 8.99. The first kappa shape index (κ1) is 21.6. The van der Waals surface area contributed by atoms with Gasteiger partial charge in [0.05, 0.1) is 5.92 Å². The number of hydrogen-bond donors (Lipinski definition) is 0. The number of carbonyl (C=O) groups is 3. The Morgan fingerprint density at radius 2 is 1.81 bits per heavy atom. The Morgan fingerprint density at radius 1 is 1.19 bits per heavy atom. The lowest BCUT2D eigenvalue weighted by atomic mass is 9.63. The Labute approximate surface area is 162 Å². The molecule has 0 aromatic rings. The van der Waals surface area contributed by atoms with Gasteiger partial charge in [-0.25, -0.2) is 0 Å². The number of Topliss-reactive ketones (excluding diaryl/α,β-unsaturated/α-hetero) is 1. The van der Waals surface area contributed by atoms with Crippen molar-refractivity contribution in [3.05, 3.63) is 12.2 Å². The number of ketones is 1. The fraction of sp³-hybridized carbons (Fsp3) is 0.773. The molecule has 0 aromatic heterocycles. The third-order valence-corrected chi connectivity index (χ3v) is 6.11. The Morgan fingerprint density at radius 3 is 2.33 bits per heavy atom. The zero-order valence-electron chi connectivity index (χ0n) is 17.5. The van der Waals surface area contributed by atoms with Gasteiger partial charge in [-0.2, -0.15) is 0 Å². The van der Waals surface area contributed by atoms with E-state index >= 15 is 0 Å². The van der Waals surface area contributed by atoms with Crippen molar-refractivity contribution < 1.29 is 23.9 Å². The number of hydrogen-bond acceptors (Lipinski definition) is 5. The third-order valence-electron chi connectivity index (χ3n) is 6.11. The van der Waals surface area contributed by atoms with Gasteiger partial charge in [0.1, 0.15) is 18.0 Å². The van der Waals surface area contributed by atoms with Crippen molar-refractivity contribution in [1.82, 2.24) is 0 Å². The molecule has 0 saturated heterocycles. The molecule has 0 radical (unpaired) electrons. The molecule has 0 heterocycles. The van der Waals surface area contributed by atoms with Crippen LogP contribution in [0.2, 0.25) is 0 Å². The molecule has 2 fully saturated rings. The monoisotopic (exact) mass is 378 g/mol. The zero-order chi connectivity index (χ0) is 20.5. The summed E-state index contributed by atoms with van der Waals surface area (Å²) in [7, 11) is 0. The van der Waals surface area contributed by atoms with Crippen LogP contribution in [0.25, 0.3) is 0 Å². The third kappa shape index (κ3) is 4.80. The lowest BCUT2D eigenvalue weighted by Crippen LogP contribution is -2.44. The Kier molecular flexibility index (Phi) is 6.87. The van der Waals surface area contributed by atoms with Gasteiger partial charge in [0.2, 0.25) is 0 Å². The minimum Gasteiger partial charge on any atom is -0.462 e. The molecule has 2 aliphatic carbocycles. The normalized spacial score (nSPS) is 31.8. The van der Waals surface area contributed by atoms with Crippen molar-refractivity contribution in [1.29, 1.82) is 0 Å². The van der Waals surface area contributed by atoms with Crippen molar-refractivity contribution in [3.8, 4) is 0 Å². The summed E-state index contributed by atoms with van der Waals surface area (Å²) >= 11 is 0. The molecule has 0 amide bonds. The Bertz CT molecular complexity index is 606. The van der Waals surface area contributed by atoms with Gasteiger partial charge in [-0.15, -0.1) is 0 Å². The number of esters is 2. The molecule has 2 saturated carbocycles. The van der Waals surface area contributed by atoms with E-state index in [1.54, 1.807) is 6.92 Å². The van der Waals surface area contributed by atoms with Crippen molar-refractivity contribution >= 4 is 17.7 Å². The minimum atomic E-state index is -0.445. The van der Waals surface area contributed by atoms with Gasteiger partial charge >= 0.3 is 11.9 Å². The van der Waals surface area contributed by atoms with Crippen LogP contribution >= 0.6 is 0 Å². The van der Waals surface area contributed by atoms with E-state index in [9.17, 15) is 14.4 Å². The predicted octanol–water partition coefficient (Wildman–Crippen LogP) is 3.95. The van der Waals surface area contributed by atoms with E-state index in [1.807, 2.05) is 13.8 Å². The molecule has 27 heavy (non-hydrogen) atoms. The standard InChI is InChI=1S/C22H34O5/c1-11(2)8-20(25)27-19-10-16(12(3)4)22-17(13(19)5)9-18(24)21(22)14(6)26-15(7)23/h11-12,14,16-17,19,21-22H,5,8-10H2,1-4,6-7H3/t14-,16-,17-,19+,21-,22-/m0/s1. The maximum Gasteiger partial charge on any atom is 0.306 e. The van der Waals surface area contributed by atoms with Crippen LogP contribution < -0.4 is 0 Å². The summed E-state index contributed by atoms with van der Waals surface area (Å²) in [5, 5.41) is 0. The van der Waals surface area contributed by atoms with Gasteiger partial charge in [0.25, 0.3) is 0 Å². The predicted molar refractivity (Wildman–Crippen MR) is 103 cm³/mol. The lowest BCUT2D eigenvalue weighted by molar-refractivity contribution is -0.155. The van der Waals surface area contributed by atoms with Gasteiger partial charge in [-0.3, -0.25) is 14.4 Å². The second-order valence-corrected chi connectivity index (χ2v) is 8.99. The Hall–Kier alpha value is -1.65. The highest BCUT2D eigenvalue weighted by Crippen LogP contribution is 2.53. The number of rotatable bonds is 6.